The first kappa shape index (κ1) is 31.1. The average molecular weight is 585 g/mol. The Morgan fingerprint density at radius 2 is 1.00 bits per heavy atom. The normalized spacial score (nSPS) is 17.3. The SMILES string of the molecule is CCC1=C(CC)/C(=C/c2[n-]c(/C=C3\N=C(C)C(CC)=C3CC)c(CC)c2CC)N=C1C.N#C[Se-].[Cu+2]. The summed E-state index contributed by atoms with van der Waals surface area (Å²) >= 11 is 2.11. The summed E-state index contributed by atoms with van der Waals surface area (Å²) in [6.45, 7) is 17.6. The number of hydrogen-bond acceptors (Lipinski definition) is 3. The summed E-state index contributed by atoms with van der Waals surface area (Å²) in [7, 11) is 0. The Morgan fingerprint density at radius 1 is 0.686 bits per heavy atom. The zero-order valence-electron chi connectivity index (χ0n) is 22.4. The fourth-order valence-corrected chi connectivity index (χ4v) is 5.20. The molecule has 3 heterocycles. The molecule has 6 heteroatoms. The van der Waals surface area contributed by atoms with Crippen LogP contribution in [0.1, 0.15) is 104 Å². The number of nitriles is 1. The molecule has 1 aromatic rings. The fraction of sp³-hybridized carbons (Fsp3) is 0.483. The van der Waals surface area contributed by atoms with Crippen molar-refractivity contribution in [2.75, 3.05) is 0 Å². The molecule has 0 bridgehead atoms. The fourth-order valence-electron chi connectivity index (χ4n) is 5.20. The van der Waals surface area contributed by atoms with Gasteiger partial charge in [0.05, 0.1) is 11.4 Å². The van der Waals surface area contributed by atoms with E-state index in [2.05, 4.69) is 83.6 Å². The van der Waals surface area contributed by atoms with Crippen LogP contribution in [0.4, 0.5) is 0 Å². The third-order valence-corrected chi connectivity index (χ3v) is 6.69. The van der Waals surface area contributed by atoms with E-state index in [0.29, 0.717) is 0 Å². The monoisotopic (exact) mass is 585 g/mol. The van der Waals surface area contributed by atoms with Crippen LogP contribution in [-0.4, -0.2) is 27.4 Å². The van der Waals surface area contributed by atoms with Crippen molar-refractivity contribution in [3.05, 3.63) is 56.2 Å². The molecule has 0 N–H and O–H groups in total. The molecule has 0 amide bonds. The van der Waals surface area contributed by atoms with Crippen LogP contribution in [-0.2, 0) is 29.9 Å². The van der Waals surface area contributed by atoms with E-state index < -0.39 is 0 Å². The summed E-state index contributed by atoms with van der Waals surface area (Å²) in [5.74, 6) is 0. The zero-order valence-corrected chi connectivity index (χ0v) is 25.1. The first-order valence-corrected chi connectivity index (χ1v) is 13.4. The van der Waals surface area contributed by atoms with Crippen molar-refractivity contribution in [2.24, 2.45) is 9.98 Å². The summed E-state index contributed by atoms with van der Waals surface area (Å²) in [4.78, 5) is 16.6. The molecular formula is C29H38CuN4Se. The molecule has 2 aliphatic heterocycles. The van der Waals surface area contributed by atoms with Gasteiger partial charge in [0.2, 0.25) is 0 Å². The molecule has 0 saturated heterocycles. The summed E-state index contributed by atoms with van der Waals surface area (Å²) in [6.07, 6.45) is 10.5. The second kappa shape index (κ2) is 14.6. The molecule has 0 unspecified atom stereocenters. The van der Waals surface area contributed by atoms with Gasteiger partial charge >= 0.3 is 43.3 Å². The van der Waals surface area contributed by atoms with Crippen LogP contribution in [0.2, 0.25) is 0 Å². The average Bonchev–Trinajstić information content (AvgIpc) is 3.42. The molecule has 1 radical (unpaired) electrons. The molecule has 0 fully saturated rings. The van der Waals surface area contributed by atoms with Crippen LogP contribution in [0.15, 0.2) is 43.7 Å². The van der Waals surface area contributed by atoms with E-state index in [-0.39, 0.29) is 17.1 Å². The topological polar surface area (TPSA) is 62.6 Å². The number of rotatable bonds is 8. The van der Waals surface area contributed by atoms with Crippen LogP contribution in [0.5, 0.6) is 0 Å². The van der Waals surface area contributed by atoms with E-state index in [1.165, 1.54) is 33.4 Å². The summed E-state index contributed by atoms with van der Waals surface area (Å²) in [5.41, 5.74) is 14.9. The standard InChI is InChI=1S/C28H38N3.CHNSe.Cu/c1-9-19-17(7)29-25(21(19)11-3)15-27-23(13-5)24(14-6)28(31-27)16-26-22(12-4)20(10-2)18(8)30-26;2-1-3;/h15-16H,9-14H2,1-8H3;3H;/q-1;;+2/p-1/b25-15-,26-16-;;. The largest absolute Gasteiger partial charge is 2.00 e. The smallest absolute Gasteiger partial charge is 2.00 e. The Labute approximate surface area is 231 Å². The van der Waals surface area contributed by atoms with Gasteiger partial charge in [-0.1, -0.05) is 64.8 Å². The maximum atomic E-state index is 7.26. The van der Waals surface area contributed by atoms with Crippen LogP contribution >= 0.6 is 0 Å². The van der Waals surface area contributed by atoms with Crippen LogP contribution in [0.3, 0.4) is 0 Å². The molecule has 0 atom stereocenters. The van der Waals surface area contributed by atoms with E-state index in [1.807, 2.05) is 0 Å². The predicted molar refractivity (Wildman–Crippen MR) is 147 cm³/mol. The number of hydrogen-bond donors (Lipinski definition) is 0. The molecule has 0 aromatic carbocycles. The van der Waals surface area contributed by atoms with E-state index in [9.17, 15) is 0 Å². The van der Waals surface area contributed by atoms with Crippen molar-refractivity contribution in [2.45, 2.75) is 93.9 Å². The van der Waals surface area contributed by atoms with Gasteiger partial charge in [-0.05, 0) is 74.7 Å². The van der Waals surface area contributed by atoms with Crippen LogP contribution in [0.25, 0.3) is 12.2 Å². The molecular weight excluding hydrogens is 547 g/mol. The molecule has 0 saturated carbocycles. The van der Waals surface area contributed by atoms with E-state index in [4.69, 9.17) is 20.2 Å². The minimum absolute atomic E-state index is 0. The predicted octanol–water partition coefficient (Wildman–Crippen LogP) is 7.27. The first-order valence-electron chi connectivity index (χ1n) is 12.5. The molecule has 2 aliphatic rings. The van der Waals surface area contributed by atoms with Crippen molar-refractivity contribution in [3.63, 3.8) is 0 Å². The second-order valence-electron chi connectivity index (χ2n) is 8.42. The van der Waals surface area contributed by atoms with Gasteiger partial charge in [0.25, 0.3) is 0 Å². The molecule has 3 rings (SSSR count). The Kier molecular flexibility index (Phi) is 13.0. The van der Waals surface area contributed by atoms with Gasteiger partial charge in [-0.2, -0.15) is 0 Å². The van der Waals surface area contributed by atoms with Gasteiger partial charge < -0.3 is 4.98 Å². The number of aliphatic imine (C=N–C) groups is 2. The number of aromatic nitrogens is 1. The van der Waals surface area contributed by atoms with Gasteiger partial charge in [-0.25, -0.2) is 0 Å². The van der Waals surface area contributed by atoms with Gasteiger partial charge in [-0.3, -0.25) is 9.98 Å². The Hall–Kier alpha value is -1.89. The zero-order chi connectivity index (χ0) is 25.4. The van der Waals surface area contributed by atoms with E-state index in [0.717, 1.165) is 72.7 Å². The minimum atomic E-state index is 0. The molecule has 0 aliphatic carbocycles. The Morgan fingerprint density at radius 3 is 1.26 bits per heavy atom. The molecule has 191 valence electrons. The van der Waals surface area contributed by atoms with Crippen molar-refractivity contribution in [3.8, 4) is 4.97 Å². The van der Waals surface area contributed by atoms with Gasteiger partial charge in [-0.15, -0.1) is 11.4 Å². The quantitative estimate of drug-likeness (QED) is 0.302. The van der Waals surface area contributed by atoms with Gasteiger partial charge in [0, 0.05) is 11.4 Å². The van der Waals surface area contributed by atoms with Crippen molar-refractivity contribution >= 4 is 39.6 Å². The third-order valence-electron chi connectivity index (χ3n) is 6.69. The summed E-state index contributed by atoms with van der Waals surface area (Å²) in [6, 6.07) is 0. The van der Waals surface area contributed by atoms with Crippen molar-refractivity contribution in [1.29, 1.82) is 5.26 Å². The summed E-state index contributed by atoms with van der Waals surface area (Å²) < 4.78 is 0. The number of allylic oxidation sites excluding steroid dienone is 4. The third kappa shape index (κ3) is 6.66. The maximum absolute atomic E-state index is 7.26. The van der Waals surface area contributed by atoms with E-state index in [1.54, 1.807) is 4.97 Å². The Balaban J connectivity index is 0.00000145. The molecule has 0 spiro atoms. The van der Waals surface area contributed by atoms with E-state index >= 15 is 0 Å². The summed E-state index contributed by atoms with van der Waals surface area (Å²) in [5, 5.41) is 7.26. The Bertz CT molecular complexity index is 1070. The van der Waals surface area contributed by atoms with Crippen molar-refractivity contribution in [1.82, 2.24) is 4.98 Å². The van der Waals surface area contributed by atoms with Crippen LogP contribution < -0.4 is 4.98 Å². The van der Waals surface area contributed by atoms with Crippen molar-refractivity contribution < 1.29 is 17.1 Å². The first-order chi connectivity index (χ1) is 16.3. The van der Waals surface area contributed by atoms with Gasteiger partial charge in [0.1, 0.15) is 0 Å². The molecule has 35 heavy (non-hydrogen) atoms. The van der Waals surface area contributed by atoms with Gasteiger partial charge in [0.15, 0.2) is 0 Å². The maximum Gasteiger partial charge on any atom is 2.00 e. The van der Waals surface area contributed by atoms with Crippen LogP contribution in [0, 0.1) is 10.2 Å². The molecule has 1 aromatic heterocycles. The number of nitrogens with zero attached hydrogens (tertiary/aromatic N) is 4. The molecule has 4 nitrogen and oxygen atoms in total. The minimum Gasteiger partial charge on any atom is 2.00 e. The second-order valence-corrected chi connectivity index (χ2v) is 8.80.